The standard InChI is InChI=1S/C25H24ClN3O4/c1-15-7-4-5-8-17(15)22(14-23(30)31)28-24(32)21-10-6-9-20(27-21)16-11-12-18(19(26)13-16)25(33)29(2)3/h4-13,22H,14H2,1-3H3,(H,28,32)(H,30,31)/t22-/m0/s1. The van der Waals surface area contributed by atoms with Crippen LogP contribution in [-0.4, -0.2) is 46.9 Å². The Balaban J connectivity index is 1.87. The fourth-order valence-corrected chi connectivity index (χ4v) is 3.70. The smallest absolute Gasteiger partial charge is 0.305 e. The molecule has 3 aromatic rings. The van der Waals surface area contributed by atoms with Crippen molar-refractivity contribution in [3.05, 3.63) is 88.1 Å². The van der Waals surface area contributed by atoms with Gasteiger partial charge in [-0.3, -0.25) is 14.4 Å². The van der Waals surface area contributed by atoms with Crippen molar-refractivity contribution in [2.45, 2.75) is 19.4 Å². The van der Waals surface area contributed by atoms with Crippen molar-refractivity contribution < 1.29 is 19.5 Å². The molecule has 0 aliphatic carbocycles. The topological polar surface area (TPSA) is 99.6 Å². The van der Waals surface area contributed by atoms with E-state index in [1.165, 1.54) is 4.90 Å². The summed E-state index contributed by atoms with van der Waals surface area (Å²) in [5.74, 6) is -1.72. The number of pyridine rings is 1. The van der Waals surface area contributed by atoms with Gasteiger partial charge in [0, 0.05) is 19.7 Å². The third kappa shape index (κ3) is 5.75. The molecule has 0 spiro atoms. The number of carboxylic acids is 1. The third-order valence-electron chi connectivity index (χ3n) is 5.13. The average molecular weight is 466 g/mol. The number of carboxylic acid groups (broad SMARTS) is 1. The molecule has 0 saturated heterocycles. The molecule has 0 saturated carbocycles. The van der Waals surface area contributed by atoms with Crippen LogP contribution in [-0.2, 0) is 4.79 Å². The maximum atomic E-state index is 12.9. The lowest BCUT2D eigenvalue weighted by Gasteiger charge is -2.19. The van der Waals surface area contributed by atoms with E-state index in [4.69, 9.17) is 11.6 Å². The fourth-order valence-electron chi connectivity index (χ4n) is 3.43. The van der Waals surface area contributed by atoms with E-state index in [1.807, 2.05) is 19.1 Å². The molecule has 0 aliphatic heterocycles. The molecule has 2 amide bonds. The van der Waals surface area contributed by atoms with Crippen LogP contribution in [0.1, 0.15) is 44.4 Å². The minimum absolute atomic E-state index is 0.140. The molecule has 3 rings (SSSR count). The first kappa shape index (κ1) is 23.9. The molecule has 2 aromatic carbocycles. The number of carbonyl (C=O) groups excluding carboxylic acids is 2. The molecule has 0 fully saturated rings. The zero-order valence-corrected chi connectivity index (χ0v) is 19.3. The van der Waals surface area contributed by atoms with Crippen LogP contribution in [0.15, 0.2) is 60.7 Å². The molecular weight excluding hydrogens is 442 g/mol. The summed E-state index contributed by atoms with van der Waals surface area (Å²) < 4.78 is 0. The first-order valence-corrected chi connectivity index (χ1v) is 10.6. The van der Waals surface area contributed by atoms with Gasteiger partial charge in [-0.05, 0) is 42.3 Å². The van der Waals surface area contributed by atoms with Gasteiger partial charge < -0.3 is 15.3 Å². The van der Waals surface area contributed by atoms with E-state index < -0.39 is 17.9 Å². The number of nitrogens with zero attached hydrogens (tertiary/aromatic N) is 2. The summed E-state index contributed by atoms with van der Waals surface area (Å²) in [4.78, 5) is 42.4. The van der Waals surface area contributed by atoms with Gasteiger partial charge >= 0.3 is 5.97 Å². The van der Waals surface area contributed by atoms with Crippen molar-refractivity contribution in [1.29, 1.82) is 0 Å². The van der Waals surface area contributed by atoms with Gasteiger partial charge in [-0.2, -0.15) is 0 Å². The highest BCUT2D eigenvalue weighted by atomic mass is 35.5. The number of aryl methyl sites for hydroxylation is 1. The lowest BCUT2D eigenvalue weighted by Crippen LogP contribution is -2.31. The Labute approximate surface area is 197 Å². The Morgan fingerprint density at radius 3 is 2.42 bits per heavy atom. The van der Waals surface area contributed by atoms with Crippen molar-refractivity contribution in [3.63, 3.8) is 0 Å². The van der Waals surface area contributed by atoms with E-state index in [0.29, 0.717) is 16.8 Å². The lowest BCUT2D eigenvalue weighted by atomic mass is 9.98. The quantitative estimate of drug-likeness (QED) is 0.540. The number of hydrogen-bond donors (Lipinski definition) is 2. The summed E-state index contributed by atoms with van der Waals surface area (Å²) in [5, 5.41) is 12.4. The number of hydrogen-bond acceptors (Lipinski definition) is 4. The number of benzene rings is 2. The van der Waals surface area contributed by atoms with Gasteiger partial charge in [0.1, 0.15) is 5.69 Å². The zero-order chi connectivity index (χ0) is 24.1. The van der Waals surface area contributed by atoms with Crippen molar-refractivity contribution in [1.82, 2.24) is 15.2 Å². The monoisotopic (exact) mass is 465 g/mol. The maximum absolute atomic E-state index is 12.9. The Morgan fingerprint density at radius 2 is 1.79 bits per heavy atom. The van der Waals surface area contributed by atoms with Gasteiger partial charge in [0.25, 0.3) is 11.8 Å². The van der Waals surface area contributed by atoms with E-state index >= 15 is 0 Å². The SMILES string of the molecule is Cc1ccccc1[C@H](CC(=O)O)NC(=O)c1cccc(-c2ccc(C(=O)N(C)C)c(Cl)c2)n1. The molecule has 170 valence electrons. The van der Waals surface area contributed by atoms with Gasteiger partial charge in [0.15, 0.2) is 0 Å². The number of halogens is 1. The predicted molar refractivity (Wildman–Crippen MR) is 126 cm³/mol. The molecular formula is C25H24ClN3O4. The molecule has 1 aromatic heterocycles. The van der Waals surface area contributed by atoms with Gasteiger partial charge in [-0.25, -0.2) is 4.98 Å². The molecule has 8 heteroatoms. The van der Waals surface area contributed by atoms with Gasteiger partial charge in [0.2, 0.25) is 0 Å². The Morgan fingerprint density at radius 1 is 1.06 bits per heavy atom. The normalized spacial score (nSPS) is 11.5. The van der Waals surface area contributed by atoms with E-state index in [0.717, 1.165) is 11.1 Å². The molecule has 7 nitrogen and oxygen atoms in total. The molecule has 0 radical (unpaired) electrons. The average Bonchev–Trinajstić information content (AvgIpc) is 2.78. The Hall–Kier alpha value is -3.71. The second-order valence-electron chi connectivity index (χ2n) is 7.78. The van der Waals surface area contributed by atoms with Crippen LogP contribution in [0.3, 0.4) is 0 Å². The number of nitrogens with one attached hydrogen (secondary N) is 1. The van der Waals surface area contributed by atoms with Crippen molar-refractivity contribution in [2.24, 2.45) is 0 Å². The molecule has 33 heavy (non-hydrogen) atoms. The third-order valence-corrected chi connectivity index (χ3v) is 5.44. The molecule has 0 unspecified atom stereocenters. The largest absolute Gasteiger partial charge is 0.481 e. The van der Waals surface area contributed by atoms with Crippen LogP contribution in [0, 0.1) is 6.92 Å². The Bertz CT molecular complexity index is 1210. The van der Waals surface area contributed by atoms with Gasteiger partial charge in [-0.1, -0.05) is 48.0 Å². The van der Waals surface area contributed by atoms with Gasteiger partial charge in [0.05, 0.1) is 28.7 Å². The summed E-state index contributed by atoms with van der Waals surface area (Å²) in [6, 6.07) is 16.5. The van der Waals surface area contributed by atoms with Crippen molar-refractivity contribution in [2.75, 3.05) is 14.1 Å². The highest BCUT2D eigenvalue weighted by molar-refractivity contribution is 6.34. The fraction of sp³-hybridized carbons (Fsp3) is 0.200. The summed E-state index contributed by atoms with van der Waals surface area (Å²) in [6.45, 7) is 1.86. The summed E-state index contributed by atoms with van der Waals surface area (Å²) in [6.07, 6.45) is -0.257. The van der Waals surface area contributed by atoms with Crippen LogP contribution >= 0.6 is 11.6 Å². The van der Waals surface area contributed by atoms with E-state index in [9.17, 15) is 19.5 Å². The predicted octanol–water partition coefficient (Wildman–Crippen LogP) is 4.36. The first-order chi connectivity index (χ1) is 15.7. The Kier molecular flexibility index (Phi) is 7.45. The number of aromatic nitrogens is 1. The van der Waals surface area contributed by atoms with Crippen LogP contribution in [0.5, 0.6) is 0 Å². The first-order valence-electron chi connectivity index (χ1n) is 10.2. The number of aliphatic carboxylic acids is 1. The molecule has 2 N–H and O–H groups in total. The van der Waals surface area contributed by atoms with E-state index in [-0.39, 0.29) is 23.0 Å². The second-order valence-corrected chi connectivity index (χ2v) is 8.19. The molecule has 0 bridgehead atoms. The maximum Gasteiger partial charge on any atom is 0.305 e. The van der Waals surface area contributed by atoms with Crippen molar-refractivity contribution in [3.8, 4) is 11.3 Å². The number of rotatable bonds is 7. The minimum Gasteiger partial charge on any atom is -0.481 e. The zero-order valence-electron chi connectivity index (χ0n) is 18.5. The highest BCUT2D eigenvalue weighted by Crippen LogP contribution is 2.26. The lowest BCUT2D eigenvalue weighted by molar-refractivity contribution is -0.137. The van der Waals surface area contributed by atoms with Crippen molar-refractivity contribution >= 4 is 29.4 Å². The molecule has 1 heterocycles. The number of carbonyl (C=O) groups is 3. The number of amides is 2. The summed E-state index contributed by atoms with van der Waals surface area (Å²) in [7, 11) is 3.29. The summed E-state index contributed by atoms with van der Waals surface area (Å²) in [5.41, 5.74) is 3.27. The second kappa shape index (κ2) is 10.3. The van der Waals surface area contributed by atoms with Crippen LogP contribution < -0.4 is 5.32 Å². The molecule has 1 atom stereocenters. The van der Waals surface area contributed by atoms with Crippen LogP contribution in [0.4, 0.5) is 0 Å². The minimum atomic E-state index is -1.02. The van der Waals surface area contributed by atoms with Gasteiger partial charge in [-0.15, -0.1) is 0 Å². The van der Waals surface area contributed by atoms with E-state index in [2.05, 4.69) is 10.3 Å². The highest BCUT2D eigenvalue weighted by Gasteiger charge is 2.21. The van der Waals surface area contributed by atoms with Crippen LogP contribution in [0.25, 0.3) is 11.3 Å². The molecule has 0 aliphatic rings. The van der Waals surface area contributed by atoms with E-state index in [1.54, 1.807) is 62.6 Å². The summed E-state index contributed by atoms with van der Waals surface area (Å²) >= 11 is 6.31. The van der Waals surface area contributed by atoms with Crippen LogP contribution in [0.2, 0.25) is 5.02 Å².